The van der Waals surface area contributed by atoms with Gasteiger partial charge in [0, 0.05) is 25.7 Å². The van der Waals surface area contributed by atoms with Crippen LogP contribution in [0, 0.1) is 45.3 Å². The molecule has 0 heterocycles. The Morgan fingerprint density at radius 1 is 0.632 bits per heavy atom. The van der Waals surface area contributed by atoms with Crippen LogP contribution in [0.15, 0.2) is 0 Å². The van der Waals surface area contributed by atoms with E-state index in [4.69, 9.17) is 40.4 Å². The second kappa shape index (κ2) is 67.3. The number of hydrogen-bond acceptors (Lipinski definition) is 4. The van der Waals surface area contributed by atoms with E-state index in [1.165, 1.54) is 0 Å². The molecule has 0 aliphatic rings. The number of nitriles is 4. The van der Waals surface area contributed by atoms with E-state index in [0.717, 1.165) is 0 Å². The fourth-order valence-corrected chi connectivity index (χ4v) is 0. The first-order valence-corrected chi connectivity index (χ1v) is 9.88. The zero-order valence-corrected chi connectivity index (χ0v) is 15.0. The van der Waals surface area contributed by atoms with Crippen molar-refractivity contribution >= 4 is 19.4 Å². The van der Waals surface area contributed by atoms with E-state index in [0.29, 0.717) is 25.7 Å². The Morgan fingerprint density at radius 2 is 0.684 bits per heavy atom. The first-order valence-electron chi connectivity index (χ1n) is 5.40. The van der Waals surface area contributed by atoms with Crippen LogP contribution in [0.3, 0.4) is 0 Å². The molecule has 0 aromatic heterocycles. The van der Waals surface area contributed by atoms with Gasteiger partial charge in [0.2, 0.25) is 0 Å². The van der Waals surface area contributed by atoms with Gasteiger partial charge in [-0.25, -0.2) is 0 Å². The van der Waals surface area contributed by atoms with Crippen molar-refractivity contribution in [3.63, 3.8) is 0 Å². The Balaban J connectivity index is -0.0000000432. The van der Waals surface area contributed by atoms with Crippen LogP contribution in [-0.4, -0.2) is 0 Å². The average molecular weight is 392 g/mol. The van der Waals surface area contributed by atoms with E-state index in [-0.39, 0.29) is 15.1 Å². The maximum atomic E-state index is 7.62. The van der Waals surface area contributed by atoms with Crippen LogP contribution < -0.4 is 0 Å². The number of halogens is 2. The number of rotatable bonds is 0. The molecule has 0 spiro atoms. The molecule has 7 heteroatoms. The van der Waals surface area contributed by atoms with Crippen LogP contribution in [0.4, 0.5) is 0 Å². The van der Waals surface area contributed by atoms with Crippen LogP contribution >= 0.6 is 19.4 Å². The molecule has 0 N–H and O–H groups in total. The summed E-state index contributed by atoms with van der Waals surface area (Å²) in [4.78, 5) is 0. The fourth-order valence-electron chi connectivity index (χ4n) is 0. The summed E-state index contributed by atoms with van der Waals surface area (Å²) in [7, 11) is 9.71. The van der Waals surface area contributed by atoms with Gasteiger partial charge in [0.1, 0.15) is 0 Å². The van der Waals surface area contributed by atoms with E-state index < -0.39 is 0 Å². The predicted octanol–water partition coefficient (Wildman–Crippen LogP) is 5.06. The molecule has 0 aliphatic heterocycles. The molecule has 0 amide bonds. The molecule has 0 fully saturated rings. The molecule has 0 saturated heterocycles. The maximum absolute atomic E-state index is 7.62. The molecule has 19 heavy (non-hydrogen) atoms. The van der Waals surface area contributed by atoms with Crippen molar-refractivity contribution in [2.45, 2.75) is 53.4 Å². The standard InChI is InChI=1S/4C3H5N.2ClH.Ru/c4*1-2-3-4;;;/h4*2H2,1H3;2*1H;/q;;;;;;+2/p-2. The van der Waals surface area contributed by atoms with E-state index in [1.54, 1.807) is 0 Å². The first kappa shape index (κ1) is 30.9. The van der Waals surface area contributed by atoms with Crippen LogP contribution in [0.2, 0.25) is 0 Å². The van der Waals surface area contributed by atoms with Gasteiger partial charge in [-0.2, -0.15) is 21.0 Å². The van der Waals surface area contributed by atoms with Gasteiger partial charge in [-0.1, -0.05) is 27.7 Å². The van der Waals surface area contributed by atoms with Crippen LogP contribution in [0.5, 0.6) is 0 Å². The Bertz CT molecular complexity index is 215. The summed E-state index contributed by atoms with van der Waals surface area (Å²) in [5.74, 6) is 0. The molecular weight excluding hydrogens is 372 g/mol. The second-order valence-corrected chi connectivity index (χ2v) is 4.74. The summed E-state index contributed by atoms with van der Waals surface area (Å²) in [6.45, 7) is 7.28. The minimum absolute atomic E-state index is 0.346. The SMILES string of the molecule is CCC#N.CCC#N.CCC#N.CCC#N.[Cl][Ru][Cl]. The summed E-state index contributed by atoms with van der Waals surface area (Å²) in [5, 5.41) is 30.5. The van der Waals surface area contributed by atoms with Crippen LogP contribution in [0.1, 0.15) is 53.4 Å². The molecule has 0 unspecified atom stereocenters. The van der Waals surface area contributed by atoms with Gasteiger partial charge in [0.15, 0.2) is 0 Å². The summed E-state index contributed by atoms with van der Waals surface area (Å²) in [6, 6.07) is 7.72. The summed E-state index contributed by atoms with van der Waals surface area (Å²) in [6.07, 6.45) is 2.50. The Labute approximate surface area is 133 Å². The monoisotopic (exact) mass is 392 g/mol. The first-order chi connectivity index (χ1) is 9.07. The van der Waals surface area contributed by atoms with Gasteiger partial charge < -0.3 is 0 Å². The molecule has 0 rings (SSSR count). The van der Waals surface area contributed by atoms with Crippen LogP contribution in [-0.2, 0) is 15.1 Å². The van der Waals surface area contributed by atoms with Gasteiger partial charge in [-0.05, 0) is 0 Å². The zero-order chi connectivity index (χ0) is 16.4. The van der Waals surface area contributed by atoms with Gasteiger partial charge >= 0.3 is 34.5 Å². The van der Waals surface area contributed by atoms with Crippen molar-refractivity contribution in [3.05, 3.63) is 0 Å². The fraction of sp³-hybridized carbons (Fsp3) is 0.667. The van der Waals surface area contributed by atoms with Crippen molar-refractivity contribution in [1.82, 2.24) is 0 Å². The van der Waals surface area contributed by atoms with Crippen molar-refractivity contribution in [3.8, 4) is 24.3 Å². The van der Waals surface area contributed by atoms with E-state index in [1.807, 2.05) is 52.0 Å². The van der Waals surface area contributed by atoms with Crippen molar-refractivity contribution in [1.29, 1.82) is 21.0 Å². The quantitative estimate of drug-likeness (QED) is 0.539. The van der Waals surface area contributed by atoms with Crippen molar-refractivity contribution < 1.29 is 15.1 Å². The molecule has 0 aromatic rings. The number of hydrogen-bond donors (Lipinski definition) is 0. The third-order valence-electron chi connectivity index (χ3n) is 0.632. The Hall–Kier alpha value is -0.837. The second-order valence-electron chi connectivity index (χ2n) is 2.10. The molecule has 110 valence electrons. The van der Waals surface area contributed by atoms with Crippen molar-refractivity contribution in [2.24, 2.45) is 0 Å². The summed E-state index contributed by atoms with van der Waals surface area (Å²) in [5.41, 5.74) is 0. The topological polar surface area (TPSA) is 95.2 Å². The predicted molar refractivity (Wildman–Crippen MR) is 75.3 cm³/mol. The summed E-state index contributed by atoms with van der Waals surface area (Å²) >= 11 is -0.346. The van der Waals surface area contributed by atoms with Gasteiger partial charge in [-0.15, -0.1) is 0 Å². The molecular formula is C12H20Cl2N4Ru. The van der Waals surface area contributed by atoms with E-state index >= 15 is 0 Å². The molecule has 4 nitrogen and oxygen atoms in total. The third-order valence-corrected chi connectivity index (χ3v) is 0.632. The number of nitrogens with zero attached hydrogens (tertiary/aromatic N) is 4. The Morgan fingerprint density at radius 3 is 0.684 bits per heavy atom. The van der Waals surface area contributed by atoms with Gasteiger partial charge in [0.25, 0.3) is 0 Å². The molecule has 0 saturated carbocycles. The summed E-state index contributed by atoms with van der Waals surface area (Å²) < 4.78 is 0. The molecule has 0 aromatic carbocycles. The molecule has 0 aliphatic carbocycles. The molecule has 0 radical (unpaired) electrons. The van der Waals surface area contributed by atoms with E-state index in [2.05, 4.69) is 0 Å². The normalized spacial score (nSPS) is 5.37. The molecule has 0 bridgehead atoms. The Kier molecular flexibility index (Phi) is 109. The van der Waals surface area contributed by atoms with Crippen molar-refractivity contribution in [2.75, 3.05) is 0 Å². The minimum atomic E-state index is -0.346. The third kappa shape index (κ3) is 394. The zero-order valence-electron chi connectivity index (χ0n) is 11.7. The average Bonchev–Trinajstić information content (AvgIpc) is 2.48. The molecule has 0 atom stereocenters. The van der Waals surface area contributed by atoms with Gasteiger partial charge in [-0.3, -0.25) is 0 Å². The van der Waals surface area contributed by atoms with E-state index in [9.17, 15) is 0 Å². The van der Waals surface area contributed by atoms with Crippen LogP contribution in [0.25, 0.3) is 0 Å². The van der Waals surface area contributed by atoms with Gasteiger partial charge in [0.05, 0.1) is 24.3 Å².